The van der Waals surface area contributed by atoms with Gasteiger partial charge in [-0.1, -0.05) is 6.07 Å². The number of fused-ring (bicyclic) bond motifs is 1. The van der Waals surface area contributed by atoms with Gasteiger partial charge in [0.25, 0.3) is 0 Å². The molecule has 0 radical (unpaired) electrons. The fraction of sp³-hybridized carbons (Fsp3) is 0.556. The third kappa shape index (κ3) is 3.15. The van der Waals surface area contributed by atoms with E-state index in [0.29, 0.717) is 25.1 Å². The largest absolute Gasteiger partial charge is 0.435 e. The molecule has 3 heterocycles. The van der Waals surface area contributed by atoms with Gasteiger partial charge in [-0.3, -0.25) is 9.48 Å². The number of nitrogens with zero attached hydrogens (tertiary/aromatic N) is 3. The zero-order chi connectivity index (χ0) is 18.3. The quantitative estimate of drug-likeness (QED) is 0.797. The molecule has 1 atom stereocenters. The highest BCUT2D eigenvalue weighted by Gasteiger charge is 2.40. The van der Waals surface area contributed by atoms with E-state index in [1.54, 1.807) is 16.2 Å². The third-order valence-electron chi connectivity index (χ3n) is 5.26. The number of rotatable bonds is 3. The number of alkyl halides is 3. The van der Waals surface area contributed by atoms with Gasteiger partial charge in [-0.15, -0.1) is 11.3 Å². The van der Waals surface area contributed by atoms with E-state index in [0.717, 1.165) is 30.6 Å². The van der Waals surface area contributed by atoms with Gasteiger partial charge in [0.1, 0.15) is 6.54 Å². The first-order valence-electron chi connectivity index (χ1n) is 8.94. The predicted molar refractivity (Wildman–Crippen MR) is 91.9 cm³/mol. The Balaban J connectivity index is 1.59. The van der Waals surface area contributed by atoms with Crippen LogP contribution in [0.4, 0.5) is 13.2 Å². The monoisotopic (exact) mass is 383 g/mol. The lowest BCUT2D eigenvalue weighted by Crippen LogP contribution is -2.34. The first kappa shape index (κ1) is 17.6. The molecule has 0 saturated carbocycles. The molecule has 4 rings (SSSR count). The van der Waals surface area contributed by atoms with Crippen LogP contribution in [0.25, 0.3) is 0 Å². The van der Waals surface area contributed by atoms with Crippen LogP contribution < -0.4 is 0 Å². The molecule has 0 aromatic carbocycles. The van der Waals surface area contributed by atoms with Gasteiger partial charge in [0.2, 0.25) is 5.91 Å². The van der Waals surface area contributed by atoms with E-state index < -0.39 is 11.9 Å². The van der Waals surface area contributed by atoms with Gasteiger partial charge >= 0.3 is 6.18 Å². The van der Waals surface area contributed by atoms with E-state index in [1.165, 1.54) is 4.68 Å². The van der Waals surface area contributed by atoms with Crippen molar-refractivity contribution in [3.63, 3.8) is 0 Å². The molecule has 1 fully saturated rings. The van der Waals surface area contributed by atoms with Gasteiger partial charge in [0.05, 0.1) is 6.04 Å². The molecule has 2 aromatic heterocycles. The van der Waals surface area contributed by atoms with E-state index in [9.17, 15) is 18.0 Å². The molecule has 0 N–H and O–H groups in total. The summed E-state index contributed by atoms with van der Waals surface area (Å²) in [4.78, 5) is 15.8. The van der Waals surface area contributed by atoms with Crippen LogP contribution in [-0.4, -0.2) is 27.1 Å². The Morgan fingerprint density at radius 1 is 1.27 bits per heavy atom. The average Bonchev–Trinajstić information content (AvgIpc) is 3.33. The zero-order valence-corrected chi connectivity index (χ0v) is 15.1. The van der Waals surface area contributed by atoms with Crippen LogP contribution in [0.2, 0.25) is 0 Å². The highest BCUT2D eigenvalue weighted by atomic mass is 32.1. The smallest absolute Gasteiger partial charge is 0.333 e. The fourth-order valence-corrected chi connectivity index (χ4v) is 4.96. The number of thiophene rings is 1. The van der Waals surface area contributed by atoms with Gasteiger partial charge < -0.3 is 4.90 Å². The minimum atomic E-state index is -4.47. The maximum Gasteiger partial charge on any atom is 0.435 e. The Labute approximate surface area is 153 Å². The van der Waals surface area contributed by atoms with Gasteiger partial charge in [0, 0.05) is 22.7 Å². The van der Waals surface area contributed by atoms with Crippen molar-refractivity contribution < 1.29 is 18.0 Å². The maximum atomic E-state index is 13.3. The first-order chi connectivity index (χ1) is 12.4. The van der Waals surface area contributed by atoms with Crippen LogP contribution in [0.3, 0.4) is 0 Å². The Kier molecular flexibility index (Phi) is 4.54. The van der Waals surface area contributed by atoms with Gasteiger partial charge in [-0.05, 0) is 50.0 Å². The second-order valence-corrected chi connectivity index (χ2v) is 7.88. The number of likely N-dealkylation sites (tertiary alicyclic amines) is 1. The van der Waals surface area contributed by atoms with Crippen LogP contribution in [0.15, 0.2) is 17.5 Å². The molecule has 1 aliphatic carbocycles. The molecular formula is C18H20F3N3OS. The second-order valence-electron chi connectivity index (χ2n) is 6.90. The molecule has 1 unspecified atom stereocenters. The number of amides is 1. The highest BCUT2D eigenvalue weighted by Crippen LogP contribution is 2.37. The van der Waals surface area contributed by atoms with Crippen LogP contribution in [0.5, 0.6) is 0 Å². The van der Waals surface area contributed by atoms with E-state index in [1.807, 2.05) is 17.5 Å². The lowest BCUT2D eigenvalue weighted by Gasteiger charge is -2.24. The summed E-state index contributed by atoms with van der Waals surface area (Å²) < 4.78 is 41.2. The Hall–Kier alpha value is -1.83. The number of halogens is 3. The number of carbonyl (C=O) groups excluding carboxylic acids is 1. The summed E-state index contributed by atoms with van der Waals surface area (Å²) in [5, 5.41) is 5.79. The van der Waals surface area contributed by atoms with Crippen molar-refractivity contribution in [2.45, 2.75) is 57.3 Å². The molecule has 0 bridgehead atoms. The van der Waals surface area contributed by atoms with Crippen LogP contribution in [0, 0.1) is 0 Å². The average molecular weight is 383 g/mol. The highest BCUT2D eigenvalue weighted by molar-refractivity contribution is 7.10. The maximum absolute atomic E-state index is 13.3. The first-order valence-corrected chi connectivity index (χ1v) is 9.81. The molecule has 1 aliphatic heterocycles. The van der Waals surface area contributed by atoms with Crippen LogP contribution in [-0.2, 0) is 30.4 Å². The number of carbonyl (C=O) groups is 1. The van der Waals surface area contributed by atoms with E-state index in [4.69, 9.17) is 0 Å². The summed E-state index contributed by atoms with van der Waals surface area (Å²) in [6, 6.07) is 4.01. The topological polar surface area (TPSA) is 38.1 Å². The third-order valence-corrected chi connectivity index (χ3v) is 6.23. The lowest BCUT2D eigenvalue weighted by atomic mass is 9.95. The Morgan fingerprint density at radius 2 is 2.08 bits per heavy atom. The molecule has 4 nitrogen and oxygen atoms in total. The van der Waals surface area contributed by atoms with Crippen molar-refractivity contribution in [3.05, 3.63) is 39.3 Å². The van der Waals surface area contributed by atoms with E-state index in [2.05, 4.69) is 5.10 Å². The van der Waals surface area contributed by atoms with Crippen molar-refractivity contribution in [2.75, 3.05) is 6.54 Å². The molecular weight excluding hydrogens is 363 g/mol. The van der Waals surface area contributed by atoms with Crippen LogP contribution in [0.1, 0.15) is 53.6 Å². The van der Waals surface area contributed by atoms with Gasteiger partial charge in [-0.2, -0.15) is 18.3 Å². The van der Waals surface area contributed by atoms with Crippen molar-refractivity contribution in [1.82, 2.24) is 14.7 Å². The second kappa shape index (κ2) is 6.72. The summed E-state index contributed by atoms with van der Waals surface area (Å²) in [7, 11) is 0. The predicted octanol–water partition coefficient (Wildman–Crippen LogP) is 4.21. The van der Waals surface area contributed by atoms with Gasteiger partial charge in [-0.25, -0.2) is 0 Å². The van der Waals surface area contributed by atoms with E-state index >= 15 is 0 Å². The van der Waals surface area contributed by atoms with Crippen molar-refractivity contribution in [3.8, 4) is 0 Å². The molecule has 2 aliphatic rings. The van der Waals surface area contributed by atoms with Gasteiger partial charge in [0.15, 0.2) is 5.69 Å². The SMILES string of the molecule is O=C(Cn1nc(C(F)(F)F)c2c1CCCC2)N1CCCC1c1cccs1. The van der Waals surface area contributed by atoms with Crippen molar-refractivity contribution in [1.29, 1.82) is 0 Å². The summed E-state index contributed by atoms with van der Waals surface area (Å²) in [5.41, 5.74) is 0.0628. The molecule has 2 aromatic rings. The number of hydrogen-bond donors (Lipinski definition) is 0. The number of aromatic nitrogens is 2. The zero-order valence-electron chi connectivity index (χ0n) is 14.3. The summed E-state index contributed by atoms with van der Waals surface area (Å²) >= 11 is 1.61. The Morgan fingerprint density at radius 3 is 2.81 bits per heavy atom. The van der Waals surface area contributed by atoms with Crippen molar-refractivity contribution in [2.24, 2.45) is 0 Å². The summed E-state index contributed by atoms with van der Waals surface area (Å²) in [6.07, 6.45) is -0.132. The minimum Gasteiger partial charge on any atom is -0.333 e. The summed E-state index contributed by atoms with van der Waals surface area (Å²) in [6.45, 7) is 0.539. The standard InChI is InChI=1S/C18H20F3N3OS/c19-18(20,21)17-12-5-1-2-6-13(12)24(22-17)11-16(25)23-9-3-7-14(23)15-8-4-10-26-15/h4,8,10,14H,1-3,5-7,9,11H2. The summed E-state index contributed by atoms with van der Waals surface area (Å²) in [5.74, 6) is -0.148. The molecule has 8 heteroatoms. The van der Waals surface area contributed by atoms with Crippen molar-refractivity contribution >= 4 is 17.2 Å². The molecule has 0 spiro atoms. The molecule has 140 valence electrons. The Bertz CT molecular complexity index is 797. The van der Waals surface area contributed by atoms with Crippen LogP contribution >= 0.6 is 11.3 Å². The molecule has 26 heavy (non-hydrogen) atoms. The van der Waals surface area contributed by atoms with E-state index in [-0.39, 0.29) is 24.1 Å². The molecule has 1 saturated heterocycles. The number of hydrogen-bond acceptors (Lipinski definition) is 3. The minimum absolute atomic E-state index is 0.0379. The normalized spacial score (nSPS) is 20.4. The lowest BCUT2D eigenvalue weighted by molar-refractivity contribution is -0.142. The molecule has 1 amide bonds. The fourth-order valence-electron chi connectivity index (χ4n) is 4.09.